The third-order valence-electron chi connectivity index (χ3n) is 9.44. The van der Waals surface area contributed by atoms with E-state index >= 15 is 0 Å². The molecule has 3 aliphatic rings. The number of nitrogens with zero attached hydrogens (tertiary/aromatic N) is 9. The topological polar surface area (TPSA) is 157 Å². The Labute approximate surface area is 315 Å². The fourth-order valence-corrected chi connectivity index (χ4v) is 6.71. The van der Waals surface area contributed by atoms with Crippen molar-refractivity contribution in [3.8, 4) is 11.3 Å². The smallest absolute Gasteiger partial charge is 0.332 e. The number of rotatable bonds is 15. The number of ether oxygens (including phenoxy) is 4. The Morgan fingerprint density at radius 2 is 1.69 bits per heavy atom. The van der Waals surface area contributed by atoms with E-state index in [1.54, 1.807) is 51.5 Å². The molecule has 2 saturated heterocycles. The minimum Gasteiger partial charge on any atom is -0.458 e. The van der Waals surface area contributed by atoms with E-state index in [0.717, 1.165) is 5.56 Å². The molecule has 54 heavy (non-hydrogen) atoms. The van der Waals surface area contributed by atoms with Crippen molar-refractivity contribution in [3.05, 3.63) is 65.4 Å². The summed E-state index contributed by atoms with van der Waals surface area (Å²) in [6.45, 7) is 21.5. The fourth-order valence-electron chi connectivity index (χ4n) is 6.71. The van der Waals surface area contributed by atoms with Crippen LogP contribution in [0.5, 0.6) is 0 Å². The lowest BCUT2D eigenvalue weighted by atomic mass is 9.97. The zero-order chi connectivity index (χ0) is 38.5. The highest BCUT2D eigenvalue weighted by Crippen LogP contribution is 2.40. The summed E-state index contributed by atoms with van der Waals surface area (Å²) in [6, 6.07) is 7.25. The van der Waals surface area contributed by atoms with Crippen LogP contribution in [0.4, 0.5) is 22.4 Å². The third-order valence-corrected chi connectivity index (χ3v) is 9.44. The lowest BCUT2D eigenvalue weighted by Gasteiger charge is -2.36. The molecule has 6 rings (SSSR count). The summed E-state index contributed by atoms with van der Waals surface area (Å²) >= 11 is 0. The van der Waals surface area contributed by atoms with E-state index in [-0.39, 0.29) is 31.1 Å². The Bertz CT molecular complexity index is 1880. The number of amides is 2. The second kappa shape index (κ2) is 16.4. The maximum atomic E-state index is 13.4. The van der Waals surface area contributed by atoms with Crippen molar-refractivity contribution in [2.75, 3.05) is 82.2 Å². The Kier molecular flexibility index (Phi) is 11.7. The van der Waals surface area contributed by atoms with Gasteiger partial charge in [-0.3, -0.25) is 4.79 Å². The van der Waals surface area contributed by atoms with Gasteiger partial charge in [0.1, 0.15) is 24.2 Å². The first kappa shape index (κ1) is 38.5. The quantitative estimate of drug-likeness (QED) is 0.126. The van der Waals surface area contributed by atoms with Gasteiger partial charge in [-0.1, -0.05) is 12.6 Å². The van der Waals surface area contributed by atoms with E-state index in [4.69, 9.17) is 30.5 Å². The third kappa shape index (κ3) is 8.75. The van der Waals surface area contributed by atoms with Gasteiger partial charge in [-0.15, -0.1) is 4.98 Å². The predicted molar refractivity (Wildman–Crippen MR) is 198 cm³/mol. The molecule has 0 aromatic carbocycles. The number of aromatic nitrogens is 4. The number of hydrogen-bond donors (Lipinski definition) is 0. The molecule has 16 heteroatoms. The summed E-state index contributed by atoms with van der Waals surface area (Å²) in [5.74, 6) is 0.983. The fraction of sp³-hybridized carbons (Fsp3) is 0.526. The largest absolute Gasteiger partial charge is 0.458 e. The second-order valence-electron chi connectivity index (χ2n) is 14.8. The Morgan fingerprint density at radius 3 is 2.41 bits per heavy atom. The van der Waals surface area contributed by atoms with Crippen molar-refractivity contribution >= 4 is 35.4 Å². The lowest BCUT2D eigenvalue weighted by Crippen LogP contribution is -2.52. The molecule has 6 heterocycles. The van der Waals surface area contributed by atoms with Crippen molar-refractivity contribution in [2.24, 2.45) is 0 Å². The maximum Gasteiger partial charge on any atom is 0.332 e. The van der Waals surface area contributed by atoms with Crippen molar-refractivity contribution in [3.63, 3.8) is 0 Å². The standard InChI is InChI=1S/C38H47N9O7/c1-37(2,3)54-31(48)25-53-19-18-52-17-16-51-15-14-45-24-28-23-44(12-13-46(28)36(45)50)35-41-20-27(21-42-35)30-10-9-29-32(49)38(4,5)47(34(29)43-30)22-26-8-7-11-40-33(26)39-6/h7-11,20-21,28H,12-19,22-25H2,1-5H3/t28-/m0/s1. The van der Waals surface area contributed by atoms with Crippen LogP contribution in [0, 0.1) is 6.57 Å². The highest BCUT2D eigenvalue weighted by atomic mass is 16.6. The molecule has 0 spiro atoms. The van der Waals surface area contributed by atoms with Gasteiger partial charge in [-0.2, -0.15) is 0 Å². The molecule has 0 N–H and O–H groups in total. The van der Waals surface area contributed by atoms with Gasteiger partial charge in [0.25, 0.3) is 5.82 Å². The van der Waals surface area contributed by atoms with Crippen LogP contribution in [0.2, 0.25) is 0 Å². The normalized spacial score (nSPS) is 17.8. The molecule has 1 atom stereocenters. The van der Waals surface area contributed by atoms with Crippen LogP contribution in [0.15, 0.2) is 42.9 Å². The molecule has 0 radical (unpaired) electrons. The van der Waals surface area contributed by atoms with Gasteiger partial charge >= 0.3 is 12.0 Å². The minimum absolute atomic E-state index is 0.00475. The molecule has 3 aliphatic heterocycles. The number of hydrogen-bond acceptors (Lipinski definition) is 13. The number of Topliss-reactive ketones (excluding diaryl/α,β-unsaturated/α-hetero) is 1. The Hall–Kier alpha value is -5.24. The summed E-state index contributed by atoms with van der Waals surface area (Å²) < 4.78 is 21.7. The number of piperazine rings is 1. The van der Waals surface area contributed by atoms with E-state index in [1.165, 1.54) is 0 Å². The lowest BCUT2D eigenvalue weighted by molar-refractivity contribution is -0.160. The summed E-state index contributed by atoms with van der Waals surface area (Å²) in [5.41, 5.74) is 1.20. The average molecular weight is 742 g/mol. The molecule has 0 saturated carbocycles. The number of urea groups is 1. The van der Waals surface area contributed by atoms with Gasteiger partial charge in [0.15, 0.2) is 5.78 Å². The van der Waals surface area contributed by atoms with Crippen LogP contribution < -0.4 is 9.80 Å². The van der Waals surface area contributed by atoms with Crippen molar-refractivity contribution < 1.29 is 33.3 Å². The van der Waals surface area contributed by atoms with Gasteiger partial charge in [-0.05, 0) is 58.4 Å². The number of esters is 1. The molecule has 16 nitrogen and oxygen atoms in total. The van der Waals surface area contributed by atoms with E-state index < -0.39 is 17.1 Å². The SMILES string of the molecule is [C-]#[N+]c1ncccc1CN1c2nc(-c3cnc(N4CCN5C(=O)N(CCOCCOCCOCC(=O)OC(C)(C)C)C[C@@H]5C4)nc3)ccc2C(=O)C1(C)C. The summed E-state index contributed by atoms with van der Waals surface area (Å²) in [7, 11) is 0. The molecule has 2 amide bonds. The summed E-state index contributed by atoms with van der Waals surface area (Å²) in [6.07, 6.45) is 5.06. The van der Waals surface area contributed by atoms with E-state index in [9.17, 15) is 14.4 Å². The van der Waals surface area contributed by atoms with Crippen molar-refractivity contribution in [1.82, 2.24) is 29.7 Å². The van der Waals surface area contributed by atoms with Crippen LogP contribution >= 0.6 is 0 Å². The van der Waals surface area contributed by atoms with E-state index in [2.05, 4.69) is 24.7 Å². The van der Waals surface area contributed by atoms with Crippen LogP contribution in [-0.4, -0.2) is 137 Å². The van der Waals surface area contributed by atoms with E-state index in [0.29, 0.717) is 100 Å². The molecule has 2 fully saturated rings. The Balaban J connectivity index is 0.965. The van der Waals surface area contributed by atoms with Gasteiger partial charge in [0.05, 0.1) is 55.9 Å². The number of ketones is 1. The minimum atomic E-state index is -0.853. The molecular weight excluding hydrogens is 694 g/mol. The molecule has 0 unspecified atom stereocenters. The monoisotopic (exact) mass is 741 g/mol. The van der Waals surface area contributed by atoms with Gasteiger partial charge in [0.2, 0.25) is 5.95 Å². The number of carbonyl (C=O) groups excluding carboxylic acids is 3. The molecule has 3 aromatic heterocycles. The van der Waals surface area contributed by atoms with Gasteiger partial charge in [-0.25, -0.2) is 24.5 Å². The molecule has 0 aliphatic carbocycles. The predicted octanol–water partition coefficient (Wildman–Crippen LogP) is 3.78. The van der Waals surface area contributed by atoms with Crippen molar-refractivity contribution in [1.29, 1.82) is 0 Å². The highest BCUT2D eigenvalue weighted by molar-refractivity contribution is 6.12. The number of fused-ring (bicyclic) bond motifs is 2. The molecular formula is C38H47N9O7. The summed E-state index contributed by atoms with van der Waals surface area (Å²) in [5, 5.41) is 0. The number of anilines is 2. The van der Waals surface area contributed by atoms with Gasteiger partial charge in [0, 0.05) is 57.2 Å². The van der Waals surface area contributed by atoms with Crippen LogP contribution in [0.3, 0.4) is 0 Å². The number of pyridine rings is 2. The first-order valence-electron chi connectivity index (χ1n) is 18.1. The maximum absolute atomic E-state index is 13.4. The van der Waals surface area contributed by atoms with E-state index in [1.807, 2.05) is 40.7 Å². The molecule has 286 valence electrons. The van der Waals surface area contributed by atoms with Crippen molar-refractivity contribution in [2.45, 2.75) is 58.3 Å². The van der Waals surface area contributed by atoms with Crippen LogP contribution in [-0.2, 0) is 30.3 Å². The average Bonchev–Trinajstić information content (AvgIpc) is 3.56. The van der Waals surface area contributed by atoms with Gasteiger partial charge < -0.3 is 43.4 Å². The van der Waals surface area contributed by atoms with Crippen LogP contribution in [0.1, 0.15) is 50.5 Å². The zero-order valence-corrected chi connectivity index (χ0v) is 31.5. The molecule has 0 bridgehead atoms. The first-order valence-corrected chi connectivity index (χ1v) is 18.1. The highest BCUT2D eigenvalue weighted by Gasteiger charge is 2.45. The zero-order valence-electron chi connectivity index (χ0n) is 31.5. The first-order chi connectivity index (χ1) is 25.9. The summed E-state index contributed by atoms with van der Waals surface area (Å²) in [4.78, 5) is 67.9. The number of carbonyl (C=O) groups is 3. The molecule has 3 aromatic rings. The Morgan fingerprint density at radius 1 is 0.963 bits per heavy atom. The second-order valence-corrected chi connectivity index (χ2v) is 14.8. The van der Waals surface area contributed by atoms with Crippen LogP contribution in [0.25, 0.3) is 16.1 Å².